The molecule has 0 bridgehead atoms. The zero-order valence-electron chi connectivity index (χ0n) is 19.0. The van der Waals surface area contributed by atoms with Crippen LogP contribution in [0.25, 0.3) is 5.20 Å². The normalized spacial score (nSPS) is 18.1. The predicted octanol–water partition coefficient (Wildman–Crippen LogP) is 6.50. The highest BCUT2D eigenvalue weighted by Gasteiger charge is 2.54. The first kappa shape index (κ1) is 21.5. The Labute approximate surface area is 176 Å². The molecular formula is C25H38Si3. The van der Waals surface area contributed by atoms with Crippen LogP contribution in [-0.4, -0.2) is 24.2 Å². The van der Waals surface area contributed by atoms with Gasteiger partial charge in [0.05, 0.1) is 8.07 Å². The zero-order chi connectivity index (χ0) is 20.6. The van der Waals surface area contributed by atoms with Gasteiger partial charge in [-0.1, -0.05) is 146 Å². The van der Waals surface area contributed by atoms with E-state index in [1.807, 2.05) is 15.2 Å². The second kappa shape index (κ2) is 7.92. The lowest BCUT2D eigenvalue weighted by atomic mass is 10.2. The number of benzene rings is 2. The van der Waals surface area contributed by atoms with Crippen molar-refractivity contribution in [3.8, 4) is 0 Å². The summed E-state index contributed by atoms with van der Waals surface area (Å²) in [6.45, 7) is 17.8. The molecular weight excluding hydrogens is 385 g/mol. The molecule has 1 aliphatic heterocycles. The summed E-state index contributed by atoms with van der Waals surface area (Å²) in [5.74, 6) is 0. The predicted molar refractivity (Wildman–Crippen MR) is 136 cm³/mol. The Balaban J connectivity index is 2.58. The number of rotatable bonds is 6. The van der Waals surface area contributed by atoms with Gasteiger partial charge in [-0.05, 0) is 5.56 Å². The topological polar surface area (TPSA) is 0 Å². The summed E-state index contributed by atoms with van der Waals surface area (Å²) in [6.07, 6.45) is 0. The fraction of sp³-hybridized carbons (Fsp3) is 0.440. The van der Waals surface area contributed by atoms with Crippen molar-refractivity contribution in [3.05, 3.63) is 65.0 Å². The third-order valence-corrected chi connectivity index (χ3v) is 24.0. The molecule has 0 N–H and O–H groups in total. The largest absolute Gasteiger partial charge is 0.117 e. The summed E-state index contributed by atoms with van der Waals surface area (Å²) in [5, 5.41) is 5.47. The Morgan fingerprint density at radius 2 is 1.04 bits per heavy atom. The Hall–Kier alpha value is -1.17. The second-order valence-electron chi connectivity index (χ2n) is 9.49. The van der Waals surface area contributed by atoms with Gasteiger partial charge in [0.2, 0.25) is 0 Å². The zero-order valence-corrected chi connectivity index (χ0v) is 22.0. The van der Waals surface area contributed by atoms with E-state index in [2.05, 4.69) is 102 Å². The molecule has 0 saturated carbocycles. The fourth-order valence-corrected chi connectivity index (χ4v) is 27.3. The van der Waals surface area contributed by atoms with Crippen LogP contribution in [0.3, 0.4) is 0 Å². The molecule has 0 saturated heterocycles. The average molecular weight is 423 g/mol. The minimum Gasteiger partial charge on any atom is -0.0857 e. The van der Waals surface area contributed by atoms with Crippen molar-refractivity contribution in [1.82, 2.24) is 0 Å². The van der Waals surface area contributed by atoms with E-state index in [-0.39, 0.29) is 0 Å². The fourth-order valence-electron chi connectivity index (χ4n) is 6.15. The summed E-state index contributed by atoms with van der Waals surface area (Å²) in [7, 11) is -4.97. The van der Waals surface area contributed by atoms with Gasteiger partial charge in [-0.3, -0.25) is 0 Å². The molecule has 0 radical (unpaired) electrons. The molecule has 2 aromatic carbocycles. The van der Waals surface area contributed by atoms with Crippen LogP contribution in [0.5, 0.6) is 0 Å². The lowest BCUT2D eigenvalue weighted by molar-refractivity contribution is 1.25. The number of fused-ring (bicyclic) bond motifs is 1. The molecule has 0 fully saturated rings. The molecule has 150 valence electrons. The molecule has 1 heterocycles. The Kier molecular flexibility index (Phi) is 6.10. The highest BCUT2D eigenvalue weighted by atomic mass is 28.4. The summed E-state index contributed by atoms with van der Waals surface area (Å²) >= 11 is 0. The summed E-state index contributed by atoms with van der Waals surface area (Å²) < 4.78 is 0. The molecule has 1 aliphatic rings. The van der Waals surface area contributed by atoms with Gasteiger partial charge < -0.3 is 0 Å². The Morgan fingerprint density at radius 3 is 1.46 bits per heavy atom. The average Bonchev–Trinajstić information content (AvgIpc) is 2.72. The first-order chi connectivity index (χ1) is 13.3. The van der Waals surface area contributed by atoms with E-state index in [1.165, 1.54) is 24.2 Å². The van der Waals surface area contributed by atoms with E-state index in [0.717, 1.165) is 0 Å². The maximum Gasteiger partial charge on any atom is 0.117 e. The van der Waals surface area contributed by atoms with Crippen molar-refractivity contribution in [3.63, 3.8) is 0 Å². The minimum atomic E-state index is -1.77. The van der Waals surface area contributed by atoms with Crippen LogP contribution in [0.4, 0.5) is 0 Å². The van der Waals surface area contributed by atoms with Gasteiger partial charge in [-0.25, -0.2) is 0 Å². The molecule has 3 rings (SSSR count). The second-order valence-corrected chi connectivity index (χ2v) is 24.2. The number of hydrogen-bond donors (Lipinski definition) is 0. The van der Waals surface area contributed by atoms with Gasteiger partial charge in [-0.2, -0.15) is 0 Å². The molecule has 0 aliphatic carbocycles. The molecule has 0 spiro atoms. The van der Waals surface area contributed by atoms with Crippen molar-refractivity contribution in [2.24, 2.45) is 0 Å². The van der Waals surface area contributed by atoms with Gasteiger partial charge >= 0.3 is 0 Å². The molecule has 3 heteroatoms. The van der Waals surface area contributed by atoms with Crippen LogP contribution >= 0.6 is 0 Å². The SMILES string of the molecule is CC[Si]1(CC)C(c2ccccc2)=C([Si](C)(C)C)[Si](CC)(CC)c2ccccc21. The van der Waals surface area contributed by atoms with Gasteiger partial charge in [0.15, 0.2) is 0 Å². The van der Waals surface area contributed by atoms with E-state index >= 15 is 0 Å². The maximum atomic E-state index is 2.62. The van der Waals surface area contributed by atoms with Crippen molar-refractivity contribution in [2.75, 3.05) is 0 Å². The maximum absolute atomic E-state index is 2.62. The molecule has 0 aromatic heterocycles. The summed E-state index contributed by atoms with van der Waals surface area (Å²) in [5.41, 5.74) is 1.54. The molecule has 0 unspecified atom stereocenters. The lowest BCUT2D eigenvalue weighted by Crippen LogP contribution is -2.71. The van der Waals surface area contributed by atoms with Crippen LogP contribution in [-0.2, 0) is 0 Å². The first-order valence-corrected chi connectivity index (χ1v) is 19.6. The third kappa shape index (κ3) is 3.06. The van der Waals surface area contributed by atoms with E-state index in [0.29, 0.717) is 0 Å². The smallest absolute Gasteiger partial charge is 0.0857 e. The molecule has 28 heavy (non-hydrogen) atoms. The van der Waals surface area contributed by atoms with Crippen molar-refractivity contribution < 1.29 is 0 Å². The van der Waals surface area contributed by atoms with E-state index in [1.54, 1.807) is 10.8 Å². The van der Waals surface area contributed by atoms with E-state index < -0.39 is 24.2 Å². The highest BCUT2D eigenvalue weighted by molar-refractivity contribution is 7.23. The van der Waals surface area contributed by atoms with E-state index in [4.69, 9.17) is 0 Å². The summed E-state index contributed by atoms with van der Waals surface area (Å²) in [4.78, 5) is 2.00. The molecule has 0 atom stereocenters. The van der Waals surface area contributed by atoms with Crippen LogP contribution in [0.1, 0.15) is 33.3 Å². The van der Waals surface area contributed by atoms with Crippen LogP contribution in [0, 0.1) is 0 Å². The third-order valence-electron chi connectivity index (χ3n) is 7.39. The summed E-state index contributed by atoms with van der Waals surface area (Å²) in [6, 6.07) is 26.6. The molecule has 2 aromatic rings. The van der Waals surface area contributed by atoms with Crippen LogP contribution < -0.4 is 10.4 Å². The van der Waals surface area contributed by atoms with Crippen molar-refractivity contribution >= 4 is 39.8 Å². The Morgan fingerprint density at radius 1 is 0.607 bits per heavy atom. The first-order valence-electron chi connectivity index (χ1n) is 11.2. The quantitative estimate of drug-likeness (QED) is 0.466. The van der Waals surface area contributed by atoms with Gasteiger partial charge in [0.25, 0.3) is 0 Å². The monoisotopic (exact) mass is 422 g/mol. The standard InChI is InChI=1S/C25H38Si3/c1-8-27(9-2)22-19-15-16-20-23(22)28(10-3,11-4)25(26(5,6)7)24(27)21-17-13-12-14-18-21/h12-20H,8-11H2,1-7H3. The van der Waals surface area contributed by atoms with Crippen molar-refractivity contribution in [1.29, 1.82) is 0 Å². The van der Waals surface area contributed by atoms with E-state index in [9.17, 15) is 0 Å². The molecule has 0 amide bonds. The van der Waals surface area contributed by atoms with Crippen LogP contribution in [0.15, 0.2) is 59.4 Å². The van der Waals surface area contributed by atoms with Gasteiger partial charge in [-0.15, -0.1) is 0 Å². The van der Waals surface area contributed by atoms with Crippen LogP contribution in [0.2, 0.25) is 43.8 Å². The van der Waals surface area contributed by atoms with Gasteiger partial charge in [0.1, 0.15) is 16.1 Å². The lowest BCUT2D eigenvalue weighted by Gasteiger charge is -2.52. The van der Waals surface area contributed by atoms with Crippen molar-refractivity contribution in [2.45, 2.75) is 71.5 Å². The Bertz CT molecular complexity index is 851. The minimum absolute atomic E-state index is 1.32. The highest BCUT2D eigenvalue weighted by Crippen LogP contribution is 2.46. The number of hydrogen-bond acceptors (Lipinski definition) is 0. The van der Waals surface area contributed by atoms with Gasteiger partial charge in [0, 0.05) is 0 Å². The molecule has 0 nitrogen and oxygen atoms in total.